The summed E-state index contributed by atoms with van der Waals surface area (Å²) in [4.78, 5) is 17.7. The fourth-order valence-electron chi connectivity index (χ4n) is 5.41. The number of rotatable bonds is 6. The molecule has 9 heteroatoms. The smallest absolute Gasteiger partial charge is 0.312 e. The van der Waals surface area contributed by atoms with Crippen LogP contribution < -0.4 is 4.90 Å². The molecule has 5 rings (SSSR count). The van der Waals surface area contributed by atoms with Crippen LogP contribution in [0, 0.1) is 12.3 Å². The monoisotopic (exact) mass is 503 g/mol. The van der Waals surface area contributed by atoms with Gasteiger partial charge in [-0.25, -0.2) is 8.42 Å². The van der Waals surface area contributed by atoms with Gasteiger partial charge in [-0.2, -0.15) is 4.31 Å². The molecule has 184 valence electrons. The van der Waals surface area contributed by atoms with E-state index in [-0.39, 0.29) is 12.1 Å². The number of anilines is 1. The maximum absolute atomic E-state index is 12.8. The van der Waals surface area contributed by atoms with Gasteiger partial charge in [0.15, 0.2) is 0 Å². The molecule has 4 heterocycles. The maximum atomic E-state index is 12.8. The number of ether oxygens (including phenoxy) is 1. The summed E-state index contributed by atoms with van der Waals surface area (Å²) < 4.78 is 33.3. The van der Waals surface area contributed by atoms with E-state index in [9.17, 15) is 13.2 Å². The Bertz CT molecular complexity index is 1090. The molecule has 0 bridgehead atoms. The van der Waals surface area contributed by atoms with Gasteiger partial charge in [-0.05, 0) is 49.8 Å². The summed E-state index contributed by atoms with van der Waals surface area (Å²) in [5.74, 6) is -0.130. The van der Waals surface area contributed by atoms with Crippen LogP contribution >= 0.6 is 11.3 Å². The Morgan fingerprint density at radius 3 is 2.38 bits per heavy atom. The number of piperazine rings is 1. The fourth-order valence-corrected chi connectivity index (χ4v) is 8.00. The first-order chi connectivity index (χ1) is 16.4. The summed E-state index contributed by atoms with van der Waals surface area (Å²) in [6.45, 7) is 7.82. The van der Waals surface area contributed by atoms with Gasteiger partial charge in [0.2, 0.25) is 0 Å². The van der Waals surface area contributed by atoms with Gasteiger partial charge in [0.25, 0.3) is 10.0 Å². The van der Waals surface area contributed by atoms with Crippen LogP contribution in [0.3, 0.4) is 0 Å². The van der Waals surface area contributed by atoms with E-state index in [1.165, 1.54) is 26.9 Å². The predicted octanol–water partition coefficient (Wildman–Crippen LogP) is 3.36. The third kappa shape index (κ3) is 4.76. The Morgan fingerprint density at radius 1 is 1.03 bits per heavy atom. The Kier molecular flexibility index (Phi) is 6.72. The molecule has 3 fully saturated rings. The first-order valence-electron chi connectivity index (χ1n) is 12.1. The number of benzene rings is 1. The number of cyclic esters (lactones) is 1. The number of sulfonamides is 1. The number of hydrogen-bond donors (Lipinski definition) is 0. The minimum Gasteiger partial charge on any atom is -0.462 e. The van der Waals surface area contributed by atoms with Crippen LogP contribution in [0.15, 0.2) is 46.0 Å². The number of nitrogens with zero attached hydrogens (tertiary/aromatic N) is 3. The molecule has 34 heavy (non-hydrogen) atoms. The van der Waals surface area contributed by atoms with Gasteiger partial charge in [-0.1, -0.05) is 23.8 Å². The van der Waals surface area contributed by atoms with Crippen molar-refractivity contribution in [2.24, 2.45) is 5.41 Å². The molecule has 2 aromatic rings. The zero-order chi connectivity index (χ0) is 23.8. The molecular weight excluding hydrogens is 470 g/mol. The lowest BCUT2D eigenvalue weighted by atomic mass is 9.76. The lowest BCUT2D eigenvalue weighted by Gasteiger charge is -2.36. The van der Waals surface area contributed by atoms with Crippen molar-refractivity contribution in [2.45, 2.75) is 42.9 Å². The minimum atomic E-state index is -3.46. The summed E-state index contributed by atoms with van der Waals surface area (Å²) >= 11 is 1.24. The molecule has 1 aromatic heterocycles. The Hall–Kier alpha value is -1.94. The predicted molar refractivity (Wildman–Crippen MR) is 134 cm³/mol. The van der Waals surface area contributed by atoms with Crippen molar-refractivity contribution in [1.29, 1.82) is 0 Å². The molecule has 1 unspecified atom stereocenters. The summed E-state index contributed by atoms with van der Waals surface area (Å²) in [5, 5.41) is 1.78. The van der Waals surface area contributed by atoms with Gasteiger partial charge < -0.3 is 9.64 Å². The van der Waals surface area contributed by atoms with Gasteiger partial charge >= 0.3 is 5.97 Å². The lowest BCUT2D eigenvalue weighted by molar-refractivity contribution is -0.150. The van der Waals surface area contributed by atoms with Gasteiger partial charge in [0, 0.05) is 57.9 Å². The van der Waals surface area contributed by atoms with Crippen molar-refractivity contribution in [3.63, 3.8) is 0 Å². The Morgan fingerprint density at radius 2 is 1.74 bits per heavy atom. The van der Waals surface area contributed by atoms with E-state index in [0.29, 0.717) is 36.6 Å². The van der Waals surface area contributed by atoms with Crippen molar-refractivity contribution in [3.05, 3.63) is 47.3 Å². The SMILES string of the molecule is Cc1ccc(N2CCN(CCC3CC4(CCN(S(=O)(=O)c5cccs5)CC4)C(=O)O3)CC2)cc1. The molecule has 3 aliphatic rings. The van der Waals surface area contributed by atoms with Crippen LogP contribution in [-0.4, -0.2) is 75.5 Å². The molecule has 0 saturated carbocycles. The summed E-state index contributed by atoms with van der Waals surface area (Å²) in [5.41, 5.74) is 2.04. The molecule has 3 saturated heterocycles. The number of hydrogen-bond acceptors (Lipinski definition) is 7. The fraction of sp³-hybridized carbons (Fsp3) is 0.560. The molecule has 7 nitrogen and oxygen atoms in total. The number of esters is 1. The third-order valence-electron chi connectivity index (χ3n) is 7.63. The number of piperidine rings is 1. The molecule has 0 amide bonds. The summed E-state index contributed by atoms with van der Waals surface area (Å²) in [6, 6.07) is 12.1. The first-order valence-corrected chi connectivity index (χ1v) is 14.5. The van der Waals surface area contributed by atoms with E-state index in [0.717, 1.165) is 39.1 Å². The highest BCUT2D eigenvalue weighted by molar-refractivity contribution is 7.91. The second-order valence-corrected chi connectivity index (χ2v) is 12.9. The largest absolute Gasteiger partial charge is 0.462 e. The first kappa shape index (κ1) is 23.8. The maximum Gasteiger partial charge on any atom is 0.312 e. The van der Waals surface area contributed by atoms with Crippen molar-refractivity contribution in [3.8, 4) is 0 Å². The standard InChI is InChI=1S/C25H33N3O4S2/c1-20-4-6-21(7-5-20)27-16-14-26(15-17-27)11-8-22-19-25(24(29)32-22)9-12-28(13-10-25)34(30,31)23-3-2-18-33-23/h2-7,18,22H,8-17,19H2,1H3. The molecule has 0 aliphatic carbocycles. The highest BCUT2D eigenvalue weighted by Crippen LogP contribution is 2.44. The van der Waals surface area contributed by atoms with E-state index >= 15 is 0 Å². The highest BCUT2D eigenvalue weighted by atomic mass is 32.2. The van der Waals surface area contributed by atoms with Crippen LogP contribution in [0.2, 0.25) is 0 Å². The van der Waals surface area contributed by atoms with Crippen LogP contribution in [-0.2, 0) is 19.6 Å². The lowest BCUT2D eigenvalue weighted by Crippen LogP contribution is -2.47. The van der Waals surface area contributed by atoms with Crippen LogP contribution in [0.1, 0.15) is 31.2 Å². The summed E-state index contributed by atoms with van der Waals surface area (Å²) in [6.07, 6.45) is 2.57. The van der Waals surface area contributed by atoms with Gasteiger partial charge in [0.1, 0.15) is 10.3 Å². The number of aryl methyl sites for hydroxylation is 1. The van der Waals surface area contributed by atoms with Gasteiger partial charge in [0.05, 0.1) is 5.41 Å². The van der Waals surface area contributed by atoms with Crippen LogP contribution in [0.25, 0.3) is 0 Å². The van der Waals surface area contributed by atoms with Crippen molar-refractivity contribution in [1.82, 2.24) is 9.21 Å². The second-order valence-electron chi connectivity index (χ2n) is 9.80. The topological polar surface area (TPSA) is 70.2 Å². The Labute approximate surface area is 206 Å². The van der Waals surface area contributed by atoms with E-state index in [4.69, 9.17) is 4.74 Å². The van der Waals surface area contributed by atoms with E-state index < -0.39 is 15.4 Å². The number of carbonyl (C=O) groups is 1. The molecule has 1 spiro atoms. The van der Waals surface area contributed by atoms with Crippen molar-refractivity contribution in [2.75, 3.05) is 50.7 Å². The van der Waals surface area contributed by atoms with Crippen molar-refractivity contribution < 1.29 is 17.9 Å². The highest BCUT2D eigenvalue weighted by Gasteiger charge is 2.51. The second kappa shape index (κ2) is 9.60. The normalized spacial score (nSPS) is 24.0. The molecule has 1 aromatic carbocycles. The average Bonchev–Trinajstić information content (AvgIpc) is 3.49. The van der Waals surface area contributed by atoms with E-state index in [1.54, 1.807) is 17.5 Å². The third-order valence-corrected chi connectivity index (χ3v) is 10.9. The molecule has 1 atom stereocenters. The van der Waals surface area contributed by atoms with E-state index in [1.807, 2.05) is 0 Å². The van der Waals surface area contributed by atoms with Crippen LogP contribution in [0.5, 0.6) is 0 Å². The Balaban J connectivity index is 1.09. The molecular formula is C25H33N3O4S2. The minimum absolute atomic E-state index is 0.0666. The van der Waals surface area contributed by atoms with E-state index in [2.05, 4.69) is 41.0 Å². The molecule has 3 aliphatic heterocycles. The van der Waals surface area contributed by atoms with Gasteiger partial charge in [-0.3, -0.25) is 9.69 Å². The average molecular weight is 504 g/mol. The van der Waals surface area contributed by atoms with Crippen LogP contribution in [0.4, 0.5) is 5.69 Å². The zero-order valence-electron chi connectivity index (χ0n) is 19.7. The zero-order valence-corrected chi connectivity index (χ0v) is 21.3. The quantitative estimate of drug-likeness (QED) is 0.563. The number of carbonyl (C=O) groups excluding carboxylic acids is 1. The molecule has 0 radical (unpaired) electrons. The summed E-state index contributed by atoms with van der Waals surface area (Å²) in [7, 11) is -3.46. The number of thiophene rings is 1. The van der Waals surface area contributed by atoms with Crippen molar-refractivity contribution >= 4 is 33.0 Å². The molecule has 0 N–H and O–H groups in total. The van der Waals surface area contributed by atoms with Gasteiger partial charge in [-0.15, -0.1) is 11.3 Å².